The first-order valence-corrected chi connectivity index (χ1v) is 6.06. The molecule has 0 aliphatic carbocycles. The Morgan fingerprint density at radius 1 is 1.56 bits per heavy atom. The van der Waals surface area contributed by atoms with Crippen LogP contribution in [0.3, 0.4) is 0 Å². The number of pyridine rings is 1. The lowest BCUT2D eigenvalue weighted by Gasteiger charge is -2.12. The summed E-state index contributed by atoms with van der Waals surface area (Å²) < 4.78 is 5.55. The molecule has 1 aromatic heterocycles. The van der Waals surface area contributed by atoms with E-state index in [1.165, 1.54) is 12.8 Å². The molecule has 0 spiro atoms. The first-order chi connectivity index (χ1) is 7.86. The molecule has 2 atom stereocenters. The Morgan fingerprint density at radius 2 is 2.50 bits per heavy atom. The Morgan fingerprint density at radius 3 is 3.19 bits per heavy atom. The summed E-state index contributed by atoms with van der Waals surface area (Å²) in [5, 5.41) is 9.91. The molecule has 0 amide bonds. The normalized spacial score (nSPS) is 22.2. The average Bonchev–Trinajstić information content (AvgIpc) is 2.83. The lowest BCUT2D eigenvalue weighted by molar-refractivity contribution is 0.0944. The Hall–Kier alpha value is -0.930. The van der Waals surface area contributed by atoms with Crippen LogP contribution in [0.4, 0.5) is 0 Å². The third-order valence-corrected chi connectivity index (χ3v) is 3.10. The topological polar surface area (TPSA) is 42.4 Å². The number of hydrogen-bond donors (Lipinski definition) is 1. The second kappa shape index (κ2) is 5.97. The Labute approximate surface area is 96.5 Å². The van der Waals surface area contributed by atoms with Crippen LogP contribution in [0.5, 0.6) is 0 Å². The van der Waals surface area contributed by atoms with Crippen molar-refractivity contribution < 1.29 is 9.84 Å². The SMILES string of the molecule is OC(CCCC1CCCO1)c1cccnc1. The van der Waals surface area contributed by atoms with Crippen LogP contribution in [0.2, 0.25) is 0 Å². The quantitative estimate of drug-likeness (QED) is 0.830. The van der Waals surface area contributed by atoms with Crippen LogP contribution in [0.1, 0.15) is 43.8 Å². The summed E-state index contributed by atoms with van der Waals surface area (Å²) in [6.45, 7) is 0.913. The van der Waals surface area contributed by atoms with E-state index >= 15 is 0 Å². The number of aliphatic hydroxyl groups is 1. The molecule has 0 bridgehead atoms. The molecule has 1 fully saturated rings. The van der Waals surface area contributed by atoms with Crippen molar-refractivity contribution in [2.45, 2.75) is 44.3 Å². The van der Waals surface area contributed by atoms with Crippen molar-refractivity contribution in [3.8, 4) is 0 Å². The van der Waals surface area contributed by atoms with Crippen LogP contribution in [-0.4, -0.2) is 22.8 Å². The number of nitrogens with zero attached hydrogens (tertiary/aromatic N) is 1. The highest BCUT2D eigenvalue weighted by Gasteiger charge is 2.15. The summed E-state index contributed by atoms with van der Waals surface area (Å²) in [5.41, 5.74) is 0.912. The molecule has 0 radical (unpaired) electrons. The van der Waals surface area contributed by atoms with Gasteiger partial charge in [-0.25, -0.2) is 0 Å². The number of aromatic nitrogens is 1. The van der Waals surface area contributed by atoms with E-state index in [1.54, 1.807) is 12.4 Å². The molecule has 2 unspecified atom stereocenters. The van der Waals surface area contributed by atoms with Crippen molar-refractivity contribution in [3.63, 3.8) is 0 Å². The van der Waals surface area contributed by atoms with E-state index in [2.05, 4.69) is 4.98 Å². The molecule has 2 rings (SSSR count). The molecule has 88 valence electrons. The molecule has 2 heterocycles. The molecule has 1 saturated heterocycles. The van der Waals surface area contributed by atoms with Gasteiger partial charge in [-0.15, -0.1) is 0 Å². The second-order valence-corrected chi connectivity index (χ2v) is 4.37. The van der Waals surface area contributed by atoms with Crippen molar-refractivity contribution in [2.24, 2.45) is 0 Å². The summed E-state index contributed by atoms with van der Waals surface area (Å²) in [6.07, 6.45) is 8.76. The smallest absolute Gasteiger partial charge is 0.0804 e. The maximum atomic E-state index is 9.91. The third kappa shape index (κ3) is 3.29. The molecule has 1 aliphatic heterocycles. The van der Waals surface area contributed by atoms with E-state index in [1.807, 2.05) is 12.1 Å². The zero-order valence-electron chi connectivity index (χ0n) is 9.51. The zero-order chi connectivity index (χ0) is 11.2. The highest BCUT2D eigenvalue weighted by molar-refractivity contribution is 5.11. The van der Waals surface area contributed by atoms with E-state index in [0.717, 1.165) is 31.4 Å². The molecule has 1 aromatic rings. The lowest BCUT2D eigenvalue weighted by Crippen LogP contribution is -2.06. The predicted octanol–water partition coefficient (Wildman–Crippen LogP) is 2.46. The standard InChI is InChI=1S/C13H19NO2/c15-13(11-4-2-8-14-10-11)7-1-5-12-6-3-9-16-12/h2,4,8,10,12-13,15H,1,3,5-7,9H2. The van der Waals surface area contributed by atoms with Crippen molar-refractivity contribution in [3.05, 3.63) is 30.1 Å². The van der Waals surface area contributed by atoms with E-state index in [0.29, 0.717) is 6.10 Å². The molecule has 16 heavy (non-hydrogen) atoms. The van der Waals surface area contributed by atoms with E-state index in [4.69, 9.17) is 4.74 Å². The molecular weight excluding hydrogens is 202 g/mol. The van der Waals surface area contributed by atoms with Crippen LogP contribution in [0, 0.1) is 0 Å². The molecule has 1 N–H and O–H groups in total. The minimum absolute atomic E-state index is 0.380. The molecule has 3 heteroatoms. The van der Waals surface area contributed by atoms with Gasteiger partial charge >= 0.3 is 0 Å². The van der Waals surface area contributed by atoms with Gasteiger partial charge in [-0.05, 0) is 43.7 Å². The van der Waals surface area contributed by atoms with Gasteiger partial charge in [-0.1, -0.05) is 6.07 Å². The summed E-state index contributed by atoms with van der Waals surface area (Å²) in [5.74, 6) is 0. The molecule has 0 saturated carbocycles. The number of ether oxygens (including phenoxy) is 1. The average molecular weight is 221 g/mol. The van der Waals surface area contributed by atoms with E-state index < -0.39 is 0 Å². The summed E-state index contributed by atoms with van der Waals surface area (Å²) in [6, 6.07) is 3.78. The van der Waals surface area contributed by atoms with Gasteiger partial charge in [-0.3, -0.25) is 4.98 Å². The maximum absolute atomic E-state index is 9.91. The first kappa shape index (κ1) is 11.6. The number of rotatable bonds is 5. The van der Waals surface area contributed by atoms with Gasteiger partial charge in [0.25, 0.3) is 0 Å². The fourth-order valence-corrected chi connectivity index (χ4v) is 2.15. The van der Waals surface area contributed by atoms with E-state index in [9.17, 15) is 5.11 Å². The largest absolute Gasteiger partial charge is 0.388 e. The highest BCUT2D eigenvalue weighted by Crippen LogP contribution is 2.22. The first-order valence-electron chi connectivity index (χ1n) is 6.06. The fraction of sp³-hybridized carbons (Fsp3) is 0.615. The summed E-state index contributed by atoms with van der Waals surface area (Å²) in [7, 11) is 0. The fourth-order valence-electron chi connectivity index (χ4n) is 2.15. The van der Waals surface area contributed by atoms with Gasteiger partial charge < -0.3 is 9.84 Å². The monoisotopic (exact) mass is 221 g/mol. The van der Waals surface area contributed by atoms with Crippen molar-refractivity contribution in [1.82, 2.24) is 4.98 Å². The Kier molecular flexibility index (Phi) is 4.31. The van der Waals surface area contributed by atoms with Gasteiger partial charge in [0, 0.05) is 19.0 Å². The van der Waals surface area contributed by atoms with E-state index in [-0.39, 0.29) is 6.10 Å². The summed E-state index contributed by atoms with van der Waals surface area (Å²) >= 11 is 0. The number of aliphatic hydroxyl groups excluding tert-OH is 1. The Balaban J connectivity index is 1.69. The minimum atomic E-state index is -0.380. The van der Waals surface area contributed by atoms with Crippen molar-refractivity contribution in [1.29, 1.82) is 0 Å². The molecule has 3 nitrogen and oxygen atoms in total. The highest BCUT2D eigenvalue weighted by atomic mass is 16.5. The van der Waals surface area contributed by atoms with Crippen LogP contribution in [-0.2, 0) is 4.74 Å². The van der Waals surface area contributed by atoms with Crippen LogP contribution in [0.25, 0.3) is 0 Å². The summed E-state index contributed by atoms with van der Waals surface area (Å²) in [4.78, 5) is 4.01. The van der Waals surface area contributed by atoms with Crippen molar-refractivity contribution in [2.75, 3.05) is 6.61 Å². The van der Waals surface area contributed by atoms with Crippen LogP contribution in [0.15, 0.2) is 24.5 Å². The predicted molar refractivity (Wildman–Crippen MR) is 62.0 cm³/mol. The zero-order valence-corrected chi connectivity index (χ0v) is 9.51. The van der Waals surface area contributed by atoms with Crippen LogP contribution < -0.4 is 0 Å². The maximum Gasteiger partial charge on any atom is 0.0804 e. The molecule has 0 aromatic carbocycles. The second-order valence-electron chi connectivity index (χ2n) is 4.37. The lowest BCUT2D eigenvalue weighted by atomic mass is 10.0. The van der Waals surface area contributed by atoms with Gasteiger partial charge in [0.15, 0.2) is 0 Å². The van der Waals surface area contributed by atoms with Crippen molar-refractivity contribution >= 4 is 0 Å². The molecular formula is C13H19NO2. The Bertz CT molecular complexity index is 296. The molecule has 1 aliphatic rings. The number of hydrogen-bond acceptors (Lipinski definition) is 3. The van der Waals surface area contributed by atoms with Gasteiger partial charge in [0.05, 0.1) is 12.2 Å². The van der Waals surface area contributed by atoms with Crippen LogP contribution >= 0.6 is 0 Å². The third-order valence-electron chi connectivity index (χ3n) is 3.10. The van der Waals surface area contributed by atoms with Gasteiger partial charge in [0.2, 0.25) is 0 Å². The van der Waals surface area contributed by atoms with Gasteiger partial charge in [-0.2, -0.15) is 0 Å². The minimum Gasteiger partial charge on any atom is -0.388 e. The van der Waals surface area contributed by atoms with Gasteiger partial charge in [0.1, 0.15) is 0 Å².